The maximum absolute atomic E-state index is 5.95. The molecule has 0 heterocycles. The molecule has 0 aromatic carbocycles. The van der Waals surface area contributed by atoms with Gasteiger partial charge in [-0.2, -0.15) is 0 Å². The van der Waals surface area contributed by atoms with Gasteiger partial charge in [0.05, 0.1) is 0 Å². The Kier molecular flexibility index (Phi) is 4.19. The highest BCUT2D eigenvalue weighted by Crippen LogP contribution is 2.33. The molecule has 0 amide bonds. The number of hydrogen-bond acceptors (Lipinski definition) is 2. The summed E-state index contributed by atoms with van der Waals surface area (Å²) in [4.78, 5) is 2.61. The van der Waals surface area contributed by atoms with E-state index in [-0.39, 0.29) is 5.41 Å². The lowest BCUT2D eigenvalue weighted by molar-refractivity contribution is 0.0714. The third-order valence-electron chi connectivity index (χ3n) is 3.45. The van der Waals surface area contributed by atoms with Crippen LogP contribution < -0.4 is 5.73 Å². The average molecular weight is 212 g/mol. The number of hydrogen-bond donors (Lipinski definition) is 1. The molecular weight excluding hydrogens is 184 g/mol. The van der Waals surface area contributed by atoms with Gasteiger partial charge in [0, 0.05) is 25.2 Å². The molecule has 0 radical (unpaired) electrons. The third kappa shape index (κ3) is 3.76. The van der Waals surface area contributed by atoms with Crippen molar-refractivity contribution >= 4 is 0 Å². The van der Waals surface area contributed by atoms with Crippen molar-refractivity contribution in [3.05, 3.63) is 0 Å². The predicted molar refractivity (Wildman–Crippen MR) is 66.9 cm³/mol. The maximum Gasteiger partial charge on any atom is 0.0269 e. The molecule has 0 aromatic heterocycles. The van der Waals surface area contributed by atoms with Crippen LogP contribution in [0.4, 0.5) is 0 Å². The van der Waals surface area contributed by atoms with Crippen LogP contribution in [-0.2, 0) is 0 Å². The van der Waals surface area contributed by atoms with E-state index in [4.69, 9.17) is 5.73 Å². The molecule has 15 heavy (non-hydrogen) atoms. The first kappa shape index (κ1) is 13.0. The zero-order valence-corrected chi connectivity index (χ0v) is 11.1. The number of nitrogens with two attached hydrogens (primary N) is 1. The van der Waals surface area contributed by atoms with Crippen molar-refractivity contribution in [3.8, 4) is 0 Å². The van der Waals surface area contributed by atoms with Gasteiger partial charge < -0.3 is 5.73 Å². The molecule has 1 aliphatic rings. The quantitative estimate of drug-likeness (QED) is 0.758. The van der Waals surface area contributed by atoms with Crippen molar-refractivity contribution in [1.82, 2.24) is 4.90 Å². The van der Waals surface area contributed by atoms with Gasteiger partial charge in [-0.05, 0) is 38.0 Å². The Morgan fingerprint density at radius 3 is 2.07 bits per heavy atom. The Morgan fingerprint density at radius 2 is 1.80 bits per heavy atom. The molecular formula is C13H28N2. The van der Waals surface area contributed by atoms with Crippen molar-refractivity contribution in [2.75, 3.05) is 13.1 Å². The summed E-state index contributed by atoms with van der Waals surface area (Å²) in [6.07, 6.45) is 2.84. The first-order chi connectivity index (χ1) is 6.86. The fraction of sp³-hybridized carbons (Fsp3) is 1.00. The van der Waals surface area contributed by atoms with Crippen LogP contribution in [0.2, 0.25) is 0 Å². The normalized spacial score (nSPS) is 20.0. The van der Waals surface area contributed by atoms with Gasteiger partial charge in [0.1, 0.15) is 0 Å². The van der Waals surface area contributed by atoms with Gasteiger partial charge in [-0.3, -0.25) is 4.90 Å². The highest BCUT2D eigenvalue weighted by Gasteiger charge is 2.34. The second kappa shape index (κ2) is 4.84. The largest absolute Gasteiger partial charge is 0.329 e. The van der Waals surface area contributed by atoms with Crippen molar-refractivity contribution < 1.29 is 0 Å². The van der Waals surface area contributed by atoms with Gasteiger partial charge in [-0.25, -0.2) is 0 Å². The van der Waals surface area contributed by atoms with E-state index in [0.717, 1.165) is 12.5 Å². The first-order valence-corrected chi connectivity index (χ1v) is 6.32. The smallest absolute Gasteiger partial charge is 0.0269 e. The van der Waals surface area contributed by atoms with Gasteiger partial charge in [-0.15, -0.1) is 0 Å². The maximum atomic E-state index is 5.95. The summed E-state index contributed by atoms with van der Waals surface area (Å²) in [5.74, 6) is 0.948. The number of rotatable bonds is 5. The van der Waals surface area contributed by atoms with E-state index in [9.17, 15) is 0 Å². The molecule has 2 N–H and O–H groups in total. The fourth-order valence-electron chi connectivity index (χ4n) is 2.28. The lowest BCUT2D eigenvalue weighted by Crippen LogP contribution is -2.52. The molecule has 1 rings (SSSR count). The van der Waals surface area contributed by atoms with Gasteiger partial charge in [0.15, 0.2) is 0 Å². The second-order valence-corrected chi connectivity index (χ2v) is 6.35. The summed E-state index contributed by atoms with van der Waals surface area (Å²) >= 11 is 0. The molecule has 1 fully saturated rings. The van der Waals surface area contributed by atoms with Crippen LogP contribution in [0.15, 0.2) is 0 Å². The van der Waals surface area contributed by atoms with Crippen LogP contribution in [0.3, 0.4) is 0 Å². The summed E-state index contributed by atoms with van der Waals surface area (Å²) in [5.41, 5.74) is 6.24. The van der Waals surface area contributed by atoms with Crippen molar-refractivity contribution in [2.45, 2.75) is 59.5 Å². The summed E-state index contributed by atoms with van der Waals surface area (Å²) in [5, 5.41) is 0. The molecule has 1 atom stereocenters. The first-order valence-electron chi connectivity index (χ1n) is 6.32. The van der Waals surface area contributed by atoms with E-state index in [0.29, 0.717) is 12.1 Å². The van der Waals surface area contributed by atoms with Crippen LogP contribution in [0, 0.1) is 11.3 Å². The predicted octanol–water partition coefficient (Wildman–Crippen LogP) is 2.48. The molecule has 90 valence electrons. The molecule has 0 aliphatic heterocycles. The van der Waals surface area contributed by atoms with E-state index in [1.165, 1.54) is 19.4 Å². The molecule has 2 heteroatoms. The summed E-state index contributed by atoms with van der Waals surface area (Å²) < 4.78 is 0. The van der Waals surface area contributed by atoms with E-state index >= 15 is 0 Å². The Balaban J connectivity index is 2.65. The van der Waals surface area contributed by atoms with Crippen LogP contribution >= 0.6 is 0 Å². The third-order valence-corrected chi connectivity index (χ3v) is 3.45. The highest BCUT2D eigenvalue weighted by molar-refractivity contribution is 4.89. The lowest BCUT2D eigenvalue weighted by atomic mass is 9.85. The van der Waals surface area contributed by atoms with Gasteiger partial charge in [0.2, 0.25) is 0 Å². The minimum absolute atomic E-state index is 0.286. The van der Waals surface area contributed by atoms with Crippen LogP contribution in [-0.4, -0.2) is 30.1 Å². The van der Waals surface area contributed by atoms with Crippen LogP contribution in [0.5, 0.6) is 0 Å². The van der Waals surface area contributed by atoms with Crippen LogP contribution in [0.1, 0.15) is 47.5 Å². The SMILES string of the molecule is CC(C)N(CC1CC1)C(CN)C(C)(C)C. The number of nitrogens with zero attached hydrogens (tertiary/aromatic N) is 1. The Bertz CT molecular complexity index is 189. The molecule has 1 saturated carbocycles. The molecule has 0 spiro atoms. The summed E-state index contributed by atoms with van der Waals surface area (Å²) in [6, 6.07) is 1.12. The van der Waals surface area contributed by atoms with E-state index < -0.39 is 0 Å². The second-order valence-electron chi connectivity index (χ2n) is 6.35. The zero-order chi connectivity index (χ0) is 11.6. The lowest BCUT2D eigenvalue weighted by Gasteiger charge is -2.42. The molecule has 0 aromatic rings. The minimum atomic E-state index is 0.286. The minimum Gasteiger partial charge on any atom is -0.329 e. The zero-order valence-electron chi connectivity index (χ0n) is 11.1. The van der Waals surface area contributed by atoms with Crippen molar-refractivity contribution in [2.24, 2.45) is 17.1 Å². The van der Waals surface area contributed by atoms with Gasteiger partial charge in [0.25, 0.3) is 0 Å². The van der Waals surface area contributed by atoms with E-state index in [2.05, 4.69) is 39.5 Å². The summed E-state index contributed by atoms with van der Waals surface area (Å²) in [6.45, 7) is 13.5. The average Bonchev–Trinajstić information content (AvgIpc) is 2.84. The standard InChI is InChI=1S/C13H28N2/c1-10(2)15(9-11-6-7-11)12(8-14)13(3,4)5/h10-12H,6-9,14H2,1-5H3. The van der Waals surface area contributed by atoms with Crippen molar-refractivity contribution in [3.63, 3.8) is 0 Å². The Morgan fingerprint density at radius 1 is 1.27 bits per heavy atom. The topological polar surface area (TPSA) is 29.3 Å². The molecule has 1 aliphatic carbocycles. The molecule has 2 nitrogen and oxygen atoms in total. The van der Waals surface area contributed by atoms with E-state index in [1.54, 1.807) is 0 Å². The van der Waals surface area contributed by atoms with E-state index in [1.807, 2.05) is 0 Å². The van der Waals surface area contributed by atoms with Crippen LogP contribution in [0.25, 0.3) is 0 Å². The van der Waals surface area contributed by atoms with Gasteiger partial charge >= 0.3 is 0 Å². The van der Waals surface area contributed by atoms with Gasteiger partial charge in [-0.1, -0.05) is 20.8 Å². The Hall–Kier alpha value is -0.0800. The summed E-state index contributed by atoms with van der Waals surface area (Å²) in [7, 11) is 0. The molecule has 0 bridgehead atoms. The van der Waals surface area contributed by atoms with Crippen molar-refractivity contribution in [1.29, 1.82) is 0 Å². The fourth-order valence-corrected chi connectivity index (χ4v) is 2.28. The molecule has 0 saturated heterocycles. The highest BCUT2D eigenvalue weighted by atomic mass is 15.2. The monoisotopic (exact) mass is 212 g/mol. The molecule has 1 unspecified atom stereocenters. The Labute approximate surface area is 95.2 Å².